The van der Waals surface area contributed by atoms with Crippen LogP contribution in [0.15, 0.2) is 48.9 Å². The van der Waals surface area contributed by atoms with Crippen LogP contribution >= 0.6 is 0 Å². The molecule has 64 heavy (non-hydrogen) atoms. The molecule has 0 radical (unpaired) electrons. The van der Waals surface area contributed by atoms with Gasteiger partial charge in [-0.15, -0.1) is 21.9 Å². The molecule has 0 saturated carbocycles. The zero-order valence-electron chi connectivity index (χ0n) is 31.1. The predicted octanol–water partition coefficient (Wildman–Crippen LogP) is 7.89. The lowest BCUT2D eigenvalue weighted by molar-refractivity contribution is -0.689. The second-order valence-electron chi connectivity index (χ2n) is 13.0. The van der Waals surface area contributed by atoms with E-state index in [1.807, 2.05) is 37.3 Å². The highest BCUT2D eigenvalue weighted by Gasteiger charge is 2.52. The van der Waals surface area contributed by atoms with Gasteiger partial charge in [-0.1, -0.05) is 37.3 Å². The first-order valence-electron chi connectivity index (χ1n) is 17.3. The minimum absolute atomic E-state index is 0.0538. The number of benzene rings is 5. The molecule has 0 spiro atoms. The van der Waals surface area contributed by atoms with Crippen molar-refractivity contribution in [1.82, 2.24) is 4.98 Å². The van der Waals surface area contributed by atoms with Crippen molar-refractivity contribution in [3.05, 3.63) is 171 Å². The van der Waals surface area contributed by atoms with Gasteiger partial charge in [-0.2, -0.15) is 4.57 Å². The van der Waals surface area contributed by atoms with Gasteiger partial charge in [0.15, 0.2) is 76.0 Å². The van der Waals surface area contributed by atoms with Gasteiger partial charge in [0.1, 0.15) is 58.9 Å². The standard InChI is InChI=1S/C24BF20.C15H17N2O2/c26-5-1(6(27)14(35)21(42)13(5)34)25(2-7(28)15(36)22(43)16(37)8(2)29,3-9(30)17(38)23(44)18(39)10(3)31)4-11(32)19(40)24(45)20(41)12(4)33;1-2-10-19-15-11-16-8-9-17(15)12-14(18)13-6-4-3-5-7-13/h;3-9,11H,2,10,12H2,1H3/q-1;+1. The van der Waals surface area contributed by atoms with E-state index >= 15 is 35.1 Å². The van der Waals surface area contributed by atoms with Crippen LogP contribution < -0.4 is 31.2 Å². The maximum absolute atomic E-state index is 15.4. The quantitative estimate of drug-likeness (QED) is 0.0351. The molecule has 5 aromatic carbocycles. The highest BCUT2D eigenvalue weighted by atomic mass is 19.2. The molecule has 0 aliphatic heterocycles. The minimum atomic E-state index is -7.22. The van der Waals surface area contributed by atoms with Gasteiger partial charge in [0.2, 0.25) is 12.3 Å². The van der Waals surface area contributed by atoms with Gasteiger partial charge in [0, 0.05) is 5.56 Å². The number of ether oxygens (including phenoxy) is 1. The van der Waals surface area contributed by atoms with E-state index in [4.69, 9.17) is 4.74 Å². The molecule has 25 heteroatoms. The summed E-state index contributed by atoms with van der Waals surface area (Å²) < 4.78 is 301. The van der Waals surface area contributed by atoms with Gasteiger partial charge in [-0.3, -0.25) is 4.79 Å². The normalized spacial score (nSPS) is 11.5. The molecule has 0 atom stereocenters. The summed E-state index contributed by atoms with van der Waals surface area (Å²) in [5, 5.41) is 0. The molecule has 1 heterocycles. The second-order valence-corrected chi connectivity index (χ2v) is 13.0. The van der Waals surface area contributed by atoms with E-state index < -0.39 is 144 Å². The van der Waals surface area contributed by atoms with Crippen LogP contribution in [-0.4, -0.2) is 23.5 Å². The summed E-state index contributed by atoms with van der Waals surface area (Å²) in [6.45, 7) is 2.91. The molecule has 0 saturated heterocycles. The molecule has 338 valence electrons. The monoisotopic (exact) mass is 936 g/mol. The zero-order chi connectivity index (χ0) is 47.9. The maximum Gasteiger partial charge on any atom is 0.387 e. The third-order valence-electron chi connectivity index (χ3n) is 9.37. The number of hydrogen-bond donors (Lipinski definition) is 0. The Bertz CT molecular complexity index is 2450. The second kappa shape index (κ2) is 18.6. The van der Waals surface area contributed by atoms with Crippen LogP contribution in [0.3, 0.4) is 0 Å². The van der Waals surface area contributed by atoms with E-state index in [0.717, 1.165) is 6.42 Å². The molecule has 0 unspecified atom stereocenters. The molecule has 0 aliphatic rings. The van der Waals surface area contributed by atoms with Crippen molar-refractivity contribution in [3.63, 3.8) is 0 Å². The summed E-state index contributed by atoms with van der Waals surface area (Å²) in [4.78, 5) is 16.2. The highest BCUT2D eigenvalue weighted by Crippen LogP contribution is 2.30. The molecular weight excluding hydrogens is 919 g/mol. The summed E-state index contributed by atoms with van der Waals surface area (Å²) in [6, 6.07) is 9.25. The first kappa shape index (κ1) is 48.3. The average molecular weight is 936 g/mol. The van der Waals surface area contributed by atoms with Crippen LogP contribution in [-0.2, 0) is 6.54 Å². The fourth-order valence-electron chi connectivity index (χ4n) is 6.58. The van der Waals surface area contributed by atoms with E-state index in [-0.39, 0.29) is 12.3 Å². The molecule has 6 aromatic rings. The van der Waals surface area contributed by atoms with E-state index in [0.29, 0.717) is 18.1 Å². The van der Waals surface area contributed by atoms with Crippen molar-refractivity contribution in [3.8, 4) is 5.88 Å². The van der Waals surface area contributed by atoms with Gasteiger partial charge < -0.3 is 4.74 Å². The molecule has 0 N–H and O–H groups in total. The van der Waals surface area contributed by atoms with Crippen molar-refractivity contribution < 1.29 is 102 Å². The molecule has 0 amide bonds. The van der Waals surface area contributed by atoms with Crippen molar-refractivity contribution in [2.75, 3.05) is 6.61 Å². The number of carbonyl (C=O) groups is 1. The molecular formula is C39H17BF20N2O2. The van der Waals surface area contributed by atoms with Gasteiger partial charge in [0.25, 0.3) is 0 Å². The molecule has 1 aromatic heterocycles. The van der Waals surface area contributed by atoms with Crippen LogP contribution in [0.1, 0.15) is 23.7 Å². The highest BCUT2D eigenvalue weighted by molar-refractivity contribution is 7.20. The Morgan fingerprint density at radius 2 is 0.781 bits per heavy atom. The molecule has 0 aliphatic carbocycles. The first-order chi connectivity index (χ1) is 30.0. The number of hydrogen-bond acceptors (Lipinski definition) is 3. The van der Waals surface area contributed by atoms with Crippen LogP contribution in [0.25, 0.3) is 0 Å². The van der Waals surface area contributed by atoms with Crippen molar-refractivity contribution >= 4 is 33.8 Å². The summed E-state index contributed by atoms with van der Waals surface area (Å²) in [5.74, 6) is -70.7. The Labute approximate surface area is 343 Å². The SMILES string of the molecule is CCCOc1cncc[n+]1CC(=O)c1ccccc1.Fc1c(F)c(F)c([B-](c2c(F)c(F)c(F)c(F)c2F)(c2c(F)c(F)c(F)c(F)c2F)c2c(F)c(F)c(F)c(F)c2F)c(F)c1F. The Balaban J connectivity index is 0.000000337. The lowest BCUT2D eigenvalue weighted by atomic mass is 9.12. The van der Waals surface area contributed by atoms with E-state index in [2.05, 4.69) is 4.98 Å². The third-order valence-corrected chi connectivity index (χ3v) is 9.37. The van der Waals surface area contributed by atoms with Gasteiger partial charge in [-0.05, 0) is 6.42 Å². The molecule has 6 rings (SSSR count). The number of rotatable bonds is 10. The number of ketones is 1. The number of halogens is 20. The Kier molecular flexibility index (Phi) is 14.0. The number of nitrogens with zero attached hydrogens (tertiary/aromatic N) is 2. The largest absolute Gasteiger partial charge is 0.443 e. The zero-order valence-corrected chi connectivity index (χ0v) is 31.1. The number of Topliss-reactive ketones (excluding diaryl/α,β-unsaturated/α-hetero) is 1. The predicted molar refractivity (Wildman–Crippen MR) is 180 cm³/mol. The van der Waals surface area contributed by atoms with Crippen molar-refractivity contribution in [2.24, 2.45) is 0 Å². The molecule has 0 bridgehead atoms. The van der Waals surface area contributed by atoms with Crippen LogP contribution in [0.4, 0.5) is 87.8 Å². The fourth-order valence-corrected chi connectivity index (χ4v) is 6.58. The van der Waals surface area contributed by atoms with Crippen molar-refractivity contribution in [2.45, 2.75) is 19.9 Å². The van der Waals surface area contributed by atoms with E-state index in [1.165, 1.54) is 0 Å². The molecule has 0 fully saturated rings. The minimum Gasteiger partial charge on any atom is -0.443 e. The lowest BCUT2D eigenvalue weighted by Crippen LogP contribution is -2.81. The summed E-state index contributed by atoms with van der Waals surface area (Å²) in [6.07, 6.45) is -1.26. The maximum atomic E-state index is 15.4. The Morgan fingerprint density at radius 1 is 0.484 bits per heavy atom. The summed E-state index contributed by atoms with van der Waals surface area (Å²) in [5.41, 5.74) is -13.6. The molecule has 4 nitrogen and oxygen atoms in total. The topological polar surface area (TPSA) is 43.1 Å². The first-order valence-corrected chi connectivity index (χ1v) is 17.3. The smallest absolute Gasteiger partial charge is 0.387 e. The van der Waals surface area contributed by atoms with Crippen molar-refractivity contribution in [1.29, 1.82) is 0 Å². The lowest BCUT2D eigenvalue weighted by Gasteiger charge is -2.44. The number of carbonyl (C=O) groups excluding carboxylic acids is 1. The van der Waals surface area contributed by atoms with E-state index in [1.54, 1.807) is 23.2 Å². The average Bonchev–Trinajstić information content (AvgIpc) is 3.29. The van der Waals surface area contributed by atoms with Crippen LogP contribution in [0, 0.1) is 116 Å². The Morgan fingerprint density at radius 3 is 1.08 bits per heavy atom. The van der Waals surface area contributed by atoms with E-state index in [9.17, 15) is 57.5 Å². The van der Waals surface area contributed by atoms with Gasteiger partial charge in [0.05, 0.1) is 12.8 Å². The van der Waals surface area contributed by atoms with Gasteiger partial charge >= 0.3 is 5.88 Å². The third kappa shape index (κ3) is 7.84. The van der Waals surface area contributed by atoms with Gasteiger partial charge in [-0.25, -0.2) is 92.8 Å². The number of aromatic nitrogens is 2. The summed E-state index contributed by atoms with van der Waals surface area (Å²) >= 11 is 0. The summed E-state index contributed by atoms with van der Waals surface area (Å²) in [7, 11) is 0. The fraction of sp³-hybridized carbons (Fsp3) is 0.103. The van der Waals surface area contributed by atoms with Crippen LogP contribution in [0.5, 0.6) is 5.88 Å². The van der Waals surface area contributed by atoms with Crippen LogP contribution in [0.2, 0.25) is 0 Å². The Hall–Kier alpha value is -6.69.